The quantitative estimate of drug-likeness (QED) is 0.786. The SMILES string of the molecule is COC(=O)c1nc(-c2cc(F)ccc2F)sc1C. The fraction of sp³-hybridized carbons (Fsp3) is 0.167. The molecule has 18 heavy (non-hydrogen) atoms. The number of halogens is 2. The number of methoxy groups -OCH3 is 1. The summed E-state index contributed by atoms with van der Waals surface area (Å²) in [6, 6.07) is 3.11. The third kappa shape index (κ3) is 2.24. The van der Waals surface area contributed by atoms with Crippen molar-refractivity contribution in [3.63, 3.8) is 0 Å². The molecule has 2 rings (SSSR count). The summed E-state index contributed by atoms with van der Waals surface area (Å²) >= 11 is 1.12. The zero-order valence-corrected chi connectivity index (χ0v) is 10.5. The van der Waals surface area contributed by atoms with Gasteiger partial charge in [-0.2, -0.15) is 0 Å². The Morgan fingerprint density at radius 2 is 2.11 bits per heavy atom. The molecular weight excluding hydrogens is 260 g/mol. The molecule has 0 fully saturated rings. The second kappa shape index (κ2) is 4.81. The monoisotopic (exact) mass is 269 g/mol. The van der Waals surface area contributed by atoms with Crippen molar-refractivity contribution in [3.05, 3.63) is 40.4 Å². The number of esters is 1. The van der Waals surface area contributed by atoms with E-state index in [0.29, 0.717) is 4.88 Å². The van der Waals surface area contributed by atoms with Crippen LogP contribution in [0.15, 0.2) is 18.2 Å². The van der Waals surface area contributed by atoms with Crippen LogP contribution in [0.4, 0.5) is 8.78 Å². The van der Waals surface area contributed by atoms with Gasteiger partial charge in [-0.05, 0) is 25.1 Å². The maximum Gasteiger partial charge on any atom is 0.357 e. The number of nitrogens with zero attached hydrogens (tertiary/aromatic N) is 1. The van der Waals surface area contributed by atoms with Gasteiger partial charge in [0.15, 0.2) is 5.69 Å². The Hall–Kier alpha value is -1.82. The van der Waals surface area contributed by atoms with Crippen LogP contribution in [0.5, 0.6) is 0 Å². The largest absolute Gasteiger partial charge is 0.464 e. The van der Waals surface area contributed by atoms with Crippen LogP contribution < -0.4 is 0 Å². The first-order valence-corrected chi connectivity index (χ1v) is 5.85. The Bertz CT molecular complexity index is 610. The maximum atomic E-state index is 13.6. The van der Waals surface area contributed by atoms with E-state index in [2.05, 4.69) is 9.72 Å². The second-order valence-corrected chi connectivity index (χ2v) is 4.74. The minimum absolute atomic E-state index is 0.0400. The molecule has 1 aromatic heterocycles. The van der Waals surface area contributed by atoms with Crippen molar-refractivity contribution < 1.29 is 18.3 Å². The van der Waals surface area contributed by atoms with E-state index in [4.69, 9.17) is 0 Å². The zero-order valence-electron chi connectivity index (χ0n) is 9.66. The third-order valence-corrected chi connectivity index (χ3v) is 3.34. The van der Waals surface area contributed by atoms with E-state index >= 15 is 0 Å². The van der Waals surface area contributed by atoms with Crippen molar-refractivity contribution in [3.8, 4) is 10.6 Å². The van der Waals surface area contributed by atoms with Crippen molar-refractivity contribution in [2.75, 3.05) is 7.11 Å². The van der Waals surface area contributed by atoms with Gasteiger partial charge >= 0.3 is 5.97 Å². The molecular formula is C12H9F2NO2S. The molecule has 2 aromatic rings. The maximum absolute atomic E-state index is 13.6. The van der Waals surface area contributed by atoms with Gasteiger partial charge in [-0.25, -0.2) is 18.6 Å². The number of carbonyl (C=O) groups excluding carboxylic acids is 1. The highest BCUT2D eigenvalue weighted by molar-refractivity contribution is 7.15. The fourth-order valence-corrected chi connectivity index (χ4v) is 2.38. The lowest BCUT2D eigenvalue weighted by molar-refractivity contribution is 0.0594. The Kier molecular flexibility index (Phi) is 3.38. The molecule has 1 aromatic carbocycles. The van der Waals surface area contributed by atoms with Gasteiger partial charge in [0.2, 0.25) is 0 Å². The summed E-state index contributed by atoms with van der Waals surface area (Å²) in [6.45, 7) is 1.67. The summed E-state index contributed by atoms with van der Waals surface area (Å²) in [6.07, 6.45) is 0. The fourth-order valence-electron chi connectivity index (χ4n) is 1.46. The van der Waals surface area contributed by atoms with Gasteiger partial charge in [0, 0.05) is 10.4 Å². The lowest BCUT2D eigenvalue weighted by Gasteiger charge is -1.98. The highest BCUT2D eigenvalue weighted by Crippen LogP contribution is 2.30. The highest BCUT2D eigenvalue weighted by atomic mass is 32.1. The van der Waals surface area contributed by atoms with E-state index in [-0.39, 0.29) is 16.3 Å². The van der Waals surface area contributed by atoms with Gasteiger partial charge in [-0.1, -0.05) is 0 Å². The highest BCUT2D eigenvalue weighted by Gasteiger charge is 2.18. The van der Waals surface area contributed by atoms with E-state index in [1.807, 2.05) is 0 Å². The summed E-state index contributed by atoms with van der Waals surface area (Å²) in [5, 5.41) is 0.255. The average Bonchev–Trinajstić information content (AvgIpc) is 2.73. The predicted molar refractivity (Wildman–Crippen MR) is 63.5 cm³/mol. The average molecular weight is 269 g/mol. The normalized spacial score (nSPS) is 10.4. The molecule has 6 heteroatoms. The molecule has 0 saturated heterocycles. The van der Waals surface area contributed by atoms with Gasteiger partial charge in [0.05, 0.1) is 7.11 Å². The number of rotatable bonds is 2. The molecule has 0 bridgehead atoms. The Morgan fingerprint density at radius 1 is 1.39 bits per heavy atom. The molecule has 0 aliphatic heterocycles. The first-order valence-electron chi connectivity index (χ1n) is 5.04. The van der Waals surface area contributed by atoms with Crippen molar-refractivity contribution in [1.82, 2.24) is 4.98 Å². The molecule has 0 atom stereocenters. The van der Waals surface area contributed by atoms with Gasteiger partial charge < -0.3 is 4.74 Å². The number of thiazole rings is 1. The Morgan fingerprint density at radius 3 is 2.78 bits per heavy atom. The standard InChI is InChI=1S/C12H9F2NO2S/c1-6-10(12(16)17-2)15-11(18-6)8-5-7(13)3-4-9(8)14/h3-5H,1-2H3. The summed E-state index contributed by atoms with van der Waals surface area (Å²) in [5.41, 5.74) is 0.166. The lowest BCUT2D eigenvalue weighted by atomic mass is 10.2. The summed E-state index contributed by atoms with van der Waals surface area (Å²) in [4.78, 5) is 16.0. The predicted octanol–water partition coefficient (Wildman–Crippen LogP) is 3.18. The molecule has 0 aliphatic rings. The first-order chi connectivity index (χ1) is 8.52. The summed E-state index contributed by atoms with van der Waals surface area (Å²) in [5.74, 6) is -1.73. The van der Waals surface area contributed by atoms with Crippen LogP contribution in [0.25, 0.3) is 10.6 Å². The Labute approximate surface area is 106 Å². The number of aryl methyl sites for hydroxylation is 1. The molecule has 0 N–H and O–H groups in total. The van der Waals surface area contributed by atoms with Gasteiger partial charge in [0.1, 0.15) is 16.6 Å². The summed E-state index contributed by atoms with van der Waals surface area (Å²) < 4.78 is 31.2. The summed E-state index contributed by atoms with van der Waals surface area (Å²) in [7, 11) is 1.24. The van der Waals surface area contributed by atoms with Gasteiger partial charge in [-0.3, -0.25) is 0 Å². The van der Waals surface area contributed by atoms with Crippen molar-refractivity contribution in [1.29, 1.82) is 0 Å². The molecule has 0 spiro atoms. The number of aromatic nitrogens is 1. The van der Waals surface area contributed by atoms with Crippen LogP contribution in [-0.2, 0) is 4.74 Å². The molecule has 0 saturated carbocycles. The van der Waals surface area contributed by atoms with E-state index < -0.39 is 17.6 Å². The number of benzene rings is 1. The lowest BCUT2D eigenvalue weighted by Crippen LogP contribution is -2.03. The number of hydrogen-bond acceptors (Lipinski definition) is 4. The molecule has 94 valence electrons. The topological polar surface area (TPSA) is 39.2 Å². The van der Waals surface area contributed by atoms with Crippen molar-refractivity contribution >= 4 is 17.3 Å². The zero-order chi connectivity index (χ0) is 13.3. The van der Waals surface area contributed by atoms with E-state index in [1.165, 1.54) is 7.11 Å². The molecule has 3 nitrogen and oxygen atoms in total. The minimum Gasteiger partial charge on any atom is -0.464 e. The van der Waals surface area contributed by atoms with E-state index in [9.17, 15) is 13.6 Å². The molecule has 0 unspecified atom stereocenters. The number of hydrogen-bond donors (Lipinski definition) is 0. The number of carbonyl (C=O) groups is 1. The van der Waals surface area contributed by atoms with Crippen LogP contribution in [-0.4, -0.2) is 18.1 Å². The van der Waals surface area contributed by atoms with Gasteiger partial charge in [-0.15, -0.1) is 11.3 Å². The van der Waals surface area contributed by atoms with Crippen LogP contribution in [0.1, 0.15) is 15.4 Å². The molecule has 1 heterocycles. The van der Waals surface area contributed by atoms with Gasteiger partial charge in [0.25, 0.3) is 0 Å². The van der Waals surface area contributed by atoms with Crippen LogP contribution >= 0.6 is 11.3 Å². The van der Waals surface area contributed by atoms with Crippen LogP contribution in [0.2, 0.25) is 0 Å². The third-order valence-electron chi connectivity index (χ3n) is 2.33. The molecule has 0 amide bonds. The van der Waals surface area contributed by atoms with Crippen molar-refractivity contribution in [2.24, 2.45) is 0 Å². The van der Waals surface area contributed by atoms with Crippen LogP contribution in [0.3, 0.4) is 0 Å². The number of ether oxygens (including phenoxy) is 1. The second-order valence-electron chi connectivity index (χ2n) is 3.54. The smallest absolute Gasteiger partial charge is 0.357 e. The Balaban J connectivity index is 2.52. The van der Waals surface area contributed by atoms with E-state index in [0.717, 1.165) is 29.5 Å². The molecule has 0 aliphatic carbocycles. The van der Waals surface area contributed by atoms with E-state index in [1.54, 1.807) is 6.92 Å². The first kappa shape index (κ1) is 12.6. The molecule has 0 radical (unpaired) electrons. The van der Waals surface area contributed by atoms with Crippen LogP contribution in [0, 0.1) is 18.6 Å². The van der Waals surface area contributed by atoms with Crippen molar-refractivity contribution in [2.45, 2.75) is 6.92 Å². The minimum atomic E-state index is -0.591.